The summed E-state index contributed by atoms with van der Waals surface area (Å²) in [5, 5.41) is 0. The Morgan fingerprint density at radius 3 is 2.43 bits per heavy atom. The van der Waals surface area contributed by atoms with Crippen LogP contribution in [0.3, 0.4) is 0 Å². The van der Waals surface area contributed by atoms with Gasteiger partial charge in [-0.15, -0.1) is 0 Å². The molecule has 28 heavy (non-hydrogen) atoms. The fraction of sp³-hybridized carbons (Fsp3) is 0.286. The molecular weight excluding hydrogens is 378 g/mol. The van der Waals surface area contributed by atoms with Crippen LogP contribution in [-0.2, 0) is 27.3 Å². The van der Waals surface area contributed by atoms with Crippen LogP contribution in [0.1, 0.15) is 23.4 Å². The normalized spacial score (nSPS) is 11.5. The molecule has 1 aromatic heterocycles. The predicted molar refractivity (Wildman–Crippen MR) is 107 cm³/mol. The number of oxazole rings is 1. The third-order valence-electron chi connectivity index (χ3n) is 4.12. The summed E-state index contributed by atoms with van der Waals surface area (Å²) in [6, 6.07) is 17.4. The molecule has 6 nitrogen and oxygen atoms in total. The molecule has 7 heteroatoms. The number of ether oxygens (including phenoxy) is 1. The van der Waals surface area contributed by atoms with Crippen molar-refractivity contribution in [2.75, 3.05) is 12.9 Å². The van der Waals surface area contributed by atoms with Gasteiger partial charge in [-0.1, -0.05) is 30.3 Å². The number of hydrogen-bond acceptors (Lipinski definition) is 6. The number of aromatic nitrogens is 1. The van der Waals surface area contributed by atoms with E-state index in [1.165, 1.54) is 0 Å². The highest BCUT2D eigenvalue weighted by Gasteiger charge is 2.11. The van der Waals surface area contributed by atoms with Crippen LogP contribution in [0.25, 0.3) is 11.5 Å². The van der Waals surface area contributed by atoms with Crippen LogP contribution in [0.15, 0.2) is 59.0 Å². The molecular formula is C21H23NO5S. The van der Waals surface area contributed by atoms with Crippen molar-refractivity contribution in [1.82, 2.24) is 4.98 Å². The molecule has 0 saturated heterocycles. The number of nitrogens with zero attached hydrogens (tertiary/aromatic N) is 1. The predicted octanol–water partition coefficient (Wildman–Crippen LogP) is 4.14. The number of hydrogen-bond donors (Lipinski definition) is 0. The zero-order valence-electron chi connectivity index (χ0n) is 15.9. The van der Waals surface area contributed by atoms with Crippen LogP contribution >= 0.6 is 0 Å². The van der Waals surface area contributed by atoms with Crippen molar-refractivity contribution in [2.45, 2.75) is 26.4 Å². The summed E-state index contributed by atoms with van der Waals surface area (Å²) in [7, 11) is -3.37. The molecule has 0 atom stereocenters. The lowest BCUT2D eigenvalue weighted by atomic mass is 10.1. The quantitative estimate of drug-likeness (QED) is 0.396. The van der Waals surface area contributed by atoms with Crippen LogP contribution in [-0.4, -0.2) is 26.3 Å². The zero-order valence-corrected chi connectivity index (χ0v) is 16.7. The van der Waals surface area contributed by atoms with Crippen molar-refractivity contribution >= 4 is 10.1 Å². The average Bonchev–Trinajstić information content (AvgIpc) is 3.05. The van der Waals surface area contributed by atoms with Crippen LogP contribution < -0.4 is 4.74 Å². The number of benzene rings is 2. The summed E-state index contributed by atoms with van der Waals surface area (Å²) in [4.78, 5) is 4.53. The van der Waals surface area contributed by atoms with E-state index in [2.05, 4.69) is 4.98 Å². The second-order valence-electron chi connectivity index (χ2n) is 6.45. The Balaban J connectivity index is 1.52. The topological polar surface area (TPSA) is 78.6 Å². The molecule has 148 valence electrons. The Bertz CT molecular complexity index is 995. The zero-order chi connectivity index (χ0) is 20.0. The van der Waals surface area contributed by atoms with Gasteiger partial charge in [-0.25, -0.2) is 4.98 Å². The van der Waals surface area contributed by atoms with Crippen molar-refractivity contribution in [3.63, 3.8) is 0 Å². The molecule has 0 radical (unpaired) electrons. The van der Waals surface area contributed by atoms with Crippen molar-refractivity contribution in [2.24, 2.45) is 0 Å². The highest BCUT2D eigenvalue weighted by atomic mass is 32.2. The van der Waals surface area contributed by atoms with Gasteiger partial charge in [-0.2, -0.15) is 8.42 Å². The molecule has 3 rings (SSSR count). The Hall–Kier alpha value is -2.64. The summed E-state index contributed by atoms with van der Waals surface area (Å²) in [5.41, 5.74) is 2.79. The Kier molecular flexibility index (Phi) is 6.49. The second kappa shape index (κ2) is 9.03. The Morgan fingerprint density at radius 1 is 1.04 bits per heavy atom. The Morgan fingerprint density at radius 2 is 1.75 bits per heavy atom. The van der Waals surface area contributed by atoms with Gasteiger partial charge in [0.1, 0.15) is 23.8 Å². The van der Waals surface area contributed by atoms with E-state index < -0.39 is 10.1 Å². The number of aryl methyl sites for hydroxylation is 2. The molecule has 0 amide bonds. The molecule has 3 aromatic rings. The highest BCUT2D eigenvalue weighted by molar-refractivity contribution is 7.85. The molecule has 0 spiro atoms. The van der Waals surface area contributed by atoms with E-state index in [1.807, 2.05) is 61.5 Å². The van der Waals surface area contributed by atoms with Gasteiger partial charge in [0.15, 0.2) is 0 Å². The molecule has 0 saturated carbocycles. The molecule has 0 aliphatic rings. The van der Waals surface area contributed by atoms with E-state index in [-0.39, 0.29) is 6.61 Å². The minimum absolute atomic E-state index is 0.187. The minimum Gasteiger partial charge on any atom is -0.487 e. The first-order valence-electron chi connectivity index (χ1n) is 8.98. The van der Waals surface area contributed by atoms with Gasteiger partial charge in [0.25, 0.3) is 10.1 Å². The molecule has 0 N–H and O–H groups in total. The average molecular weight is 401 g/mol. The first kappa shape index (κ1) is 20.1. The van der Waals surface area contributed by atoms with Gasteiger partial charge >= 0.3 is 0 Å². The lowest BCUT2D eigenvalue weighted by molar-refractivity contribution is 0.299. The standard InChI is InChI=1S/C21H23NO5S/c1-16-20(22-21(27-16)18-8-4-3-5-9-18)15-25-19-12-10-17(11-13-19)7-6-14-26-28(2,23)24/h3-5,8-13H,6-7,14-15H2,1-2H3. The SMILES string of the molecule is Cc1oc(-c2ccccc2)nc1COc1ccc(CCCOS(C)(=O)=O)cc1. The van der Waals surface area contributed by atoms with Crippen LogP contribution in [0.5, 0.6) is 5.75 Å². The smallest absolute Gasteiger partial charge is 0.264 e. The van der Waals surface area contributed by atoms with Crippen LogP contribution in [0.4, 0.5) is 0 Å². The van der Waals surface area contributed by atoms with Crippen molar-refractivity contribution in [3.8, 4) is 17.2 Å². The maximum atomic E-state index is 10.9. The highest BCUT2D eigenvalue weighted by Crippen LogP contribution is 2.22. The number of rotatable bonds is 9. The fourth-order valence-electron chi connectivity index (χ4n) is 2.66. The van der Waals surface area contributed by atoms with Gasteiger partial charge in [-0.3, -0.25) is 4.18 Å². The summed E-state index contributed by atoms with van der Waals surface area (Å²) in [6.45, 7) is 2.38. The lowest BCUT2D eigenvalue weighted by Crippen LogP contribution is -2.04. The van der Waals surface area contributed by atoms with Crippen molar-refractivity contribution < 1.29 is 21.8 Å². The maximum Gasteiger partial charge on any atom is 0.264 e. The summed E-state index contributed by atoms with van der Waals surface area (Å²) in [6.07, 6.45) is 2.42. The van der Waals surface area contributed by atoms with Crippen LogP contribution in [0, 0.1) is 6.92 Å². The van der Waals surface area contributed by atoms with Crippen molar-refractivity contribution in [1.29, 1.82) is 0 Å². The van der Waals surface area contributed by atoms with Gasteiger partial charge < -0.3 is 9.15 Å². The largest absolute Gasteiger partial charge is 0.487 e. The first-order chi connectivity index (χ1) is 13.4. The summed E-state index contributed by atoms with van der Waals surface area (Å²) >= 11 is 0. The molecule has 1 heterocycles. The third-order valence-corrected chi connectivity index (χ3v) is 4.71. The van der Waals surface area contributed by atoms with Crippen LogP contribution in [0.2, 0.25) is 0 Å². The van der Waals surface area contributed by atoms with E-state index in [0.717, 1.165) is 41.0 Å². The van der Waals surface area contributed by atoms with Gasteiger partial charge in [0, 0.05) is 5.56 Å². The fourth-order valence-corrected chi connectivity index (χ4v) is 3.08. The maximum absolute atomic E-state index is 10.9. The molecule has 0 aliphatic carbocycles. The molecule has 2 aromatic carbocycles. The third kappa shape index (κ3) is 5.94. The van der Waals surface area contributed by atoms with Crippen molar-refractivity contribution in [3.05, 3.63) is 71.6 Å². The molecule has 0 aliphatic heterocycles. The van der Waals surface area contributed by atoms with E-state index in [1.54, 1.807) is 0 Å². The molecule has 0 bridgehead atoms. The Labute approximate surface area is 165 Å². The van der Waals surface area contributed by atoms with E-state index in [9.17, 15) is 8.42 Å². The van der Waals surface area contributed by atoms with E-state index >= 15 is 0 Å². The van der Waals surface area contributed by atoms with E-state index in [0.29, 0.717) is 18.9 Å². The second-order valence-corrected chi connectivity index (χ2v) is 8.09. The van der Waals surface area contributed by atoms with Gasteiger partial charge in [-0.05, 0) is 49.6 Å². The first-order valence-corrected chi connectivity index (χ1v) is 10.8. The summed E-state index contributed by atoms with van der Waals surface area (Å²) in [5.74, 6) is 2.06. The summed E-state index contributed by atoms with van der Waals surface area (Å²) < 4.78 is 38.2. The van der Waals surface area contributed by atoms with Gasteiger partial charge in [0.2, 0.25) is 5.89 Å². The van der Waals surface area contributed by atoms with E-state index in [4.69, 9.17) is 13.3 Å². The monoisotopic (exact) mass is 401 g/mol. The minimum atomic E-state index is -3.37. The van der Waals surface area contributed by atoms with Gasteiger partial charge in [0.05, 0.1) is 12.9 Å². The lowest BCUT2D eigenvalue weighted by Gasteiger charge is -2.06. The molecule has 0 fully saturated rings. The molecule has 0 unspecified atom stereocenters.